The first-order valence-corrected chi connectivity index (χ1v) is 9.57. The van der Waals surface area contributed by atoms with Crippen molar-refractivity contribution in [3.8, 4) is 22.8 Å². The summed E-state index contributed by atoms with van der Waals surface area (Å²) in [6.07, 6.45) is 1.79. The van der Waals surface area contributed by atoms with Crippen molar-refractivity contribution in [2.24, 2.45) is 0 Å². The minimum Gasteiger partial charge on any atom is -1.00 e. The molecular weight excluding hydrogens is 422 g/mol. The molecule has 0 bridgehead atoms. The molecule has 7 heteroatoms. The molecule has 2 aromatic carbocycles. The Labute approximate surface area is 173 Å². The van der Waals surface area contributed by atoms with Crippen LogP contribution in [-0.4, -0.2) is 19.5 Å². The van der Waals surface area contributed by atoms with E-state index in [1.807, 2.05) is 53.3 Å². The molecule has 2 aromatic heterocycles. The monoisotopic (exact) mass is 441 g/mol. The van der Waals surface area contributed by atoms with Gasteiger partial charge in [0.25, 0.3) is 0 Å². The van der Waals surface area contributed by atoms with E-state index in [0.29, 0.717) is 0 Å². The van der Waals surface area contributed by atoms with Gasteiger partial charge in [0.05, 0.1) is 16.1 Å². The van der Waals surface area contributed by atoms with E-state index in [0.717, 1.165) is 41.3 Å². The lowest BCUT2D eigenvalue weighted by molar-refractivity contribution is -0.670. The lowest BCUT2D eigenvalue weighted by Crippen LogP contribution is -3.00. The van der Waals surface area contributed by atoms with Crippen molar-refractivity contribution in [2.45, 2.75) is 26.7 Å². The van der Waals surface area contributed by atoms with Gasteiger partial charge in [-0.1, -0.05) is 50.2 Å². The summed E-state index contributed by atoms with van der Waals surface area (Å²) in [7, 11) is 0. The predicted molar refractivity (Wildman–Crippen MR) is 103 cm³/mol. The molecule has 5 nitrogen and oxygen atoms in total. The Balaban J connectivity index is 0.00000210. The lowest BCUT2D eigenvalue weighted by atomic mass is 10.2. The molecule has 0 aliphatic heterocycles. The van der Waals surface area contributed by atoms with Crippen molar-refractivity contribution in [3.05, 3.63) is 71.2 Å². The van der Waals surface area contributed by atoms with Crippen molar-refractivity contribution in [2.75, 3.05) is 0 Å². The molecule has 0 aliphatic rings. The third-order valence-electron chi connectivity index (χ3n) is 4.30. The Kier molecular flexibility index (Phi) is 6.13. The van der Waals surface area contributed by atoms with Crippen LogP contribution in [0.5, 0.6) is 0 Å². The number of nitrogens with zero attached hydrogens (tertiary/aromatic N) is 5. The largest absolute Gasteiger partial charge is 1.00 e. The second-order valence-corrected chi connectivity index (χ2v) is 6.78. The van der Waals surface area contributed by atoms with Gasteiger partial charge in [0, 0.05) is 0 Å². The summed E-state index contributed by atoms with van der Waals surface area (Å²) in [5.74, 6) is 0.819. The van der Waals surface area contributed by atoms with Crippen LogP contribution in [-0.2, 0) is 12.8 Å². The molecule has 4 aromatic rings. The quantitative estimate of drug-likeness (QED) is 0.430. The van der Waals surface area contributed by atoms with Gasteiger partial charge in [-0.05, 0) is 53.4 Å². The van der Waals surface area contributed by atoms with Crippen molar-refractivity contribution in [1.29, 1.82) is 0 Å². The molecule has 0 unspecified atom stereocenters. The Morgan fingerprint density at radius 3 is 2.22 bits per heavy atom. The summed E-state index contributed by atoms with van der Waals surface area (Å²) in [5.41, 5.74) is 4.18. The van der Waals surface area contributed by atoms with Crippen LogP contribution in [0, 0.1) is 0 Å². The van der Waals surface area contributed by atoms with Gasteiger partial charge in [0.2, 0.25) is 0 Å². The summed E-state index contributed by atoms with van der Waals surface area (Å²) < 4.78 is 6.79. The standard InChI is InChI=1S/C20H20N5S.BrH/c1-3-17-19(18(4-2)26-22-17)24-20(15-11-7-5-8-12-15)21-23-25(24)16-13-9-6-10-14-16;/h5-14H,3-4H2,1-2H3;1H/q+1;/p-1. The van der Waals surface area contributed by atoms with E-state index in [1.54, 1.807) is 11.5 Å². The average Bonchev–Trinajstić information content (AvgIpc) is 3.32. The number of hydrogen-bond acceptors (Lipinski definition) is 4. The fraction of sp³-hybridized carbons (Fsp3) is 0.200. The Morgan fingerprint density at radius 1 is 0.926 bits per heavy atom. The van der Waals surface area contributed by atoms with Crippen LogP contribution in [0.4, 0.5) is 0 Å². The molecule has 0 spiro atoms. The van der Waals surface area contributed by atoms with Gasteiger partial charge in [0.15, 0.2) is 10.9 Å². The van der Waals surface area contributed by atoms with Gasteiger partial charge in [0.1, 0.15) is 10.8 Å². The summed E-state index contributed by atoms with van der Waals surface area (Å²) in [6, 6.07) is 20.3. The number of hydrogen-bond donors (Lipinski definition) is 0. The van der Waals surface area contributed by atoms with E-state index in [2.05, 4.69) is 45.3 Å². The Hall–Kier alpha value is -2.38. The van der Waals surface area contributed by atoms with Crippen LogP contribution in [0.25, 0.3) is 22.8 Å². The zero-order valence-electron chi connectivity index (χ0n) is 15.2. The van der Waals surface area contributed by atoms with Gasteiger partial charge in [-0.25, -0.2) is 0 Å². The van der Waals surface area contributed by atoms with Gasteiger partial charge < -0.3 is 17.0 Å². The van der Waals surface area contributed by atoms with E-state index in [-0.39, 0.29) is 17.0 Å². The maximum absolute atomic E-state index is 4.68. The van der Waals surface area contributed by atoms with Crippen LogP contribution in [0.15, 0.2) is 60.7 Å². The van der Waals surface area contributed by atoms with Gasteiger partial charge >= 0.3 is 5.82 Å². The summed E-state index contributed by atoms with van der Waals surface area (Å²) in [4.78, 5) is 3.10. The fourth-order valence-corrected chi connectivity index (χ4v) is 3.87. The molecule has 0 saturated carbocycles. The highest BCUT2D eigenvalue weighted by Gasteiger charge is 2.29. The first-order valence-electron chi connectivity index (χ1n) is 8.80. The maximum atomic E-state index is 4.68. The molecule has 138 valence electrons. The number of halogens is 1. The highest BCUT2D eigenvalue weighted by atomic mass is 79.9. The van der Waals surface area contributed by atoms with E-state index in [4.69, 9.17) is 0 Å². The van der Waals surface area contributed by atoms with Crippen molar-refractivity contribution >= 4 is 11.5 Å². The molecule has 0 atom stereocenters. The Bertz CT molecular complexity index is 933. The molecule has 4 rings (SSSR count). The van der Waals surface area contributed by atoms with Crippen LogP contribution in [0.3, 0.4) is 0 Å². The summed E-state index contributed by atoms with van der Waals surface area (Å²) in [6.45, 7) is 4.30. The molecule has 0 N–H and O–H groups in total. The number of aryl methyl sites for hydroxylation is 2. The maximum Gasteiger partial charge on any atom is 0.337 e. The molecule has 0 amide bonds. The second-order valence-electron chi connectivity index (χ2n) is 5.92. The van der Waals surface area contributed by atoms with Crippen molar-refractivity contribution in [1.82, 2.24) is 19.5 Å². The molecule has 0 radical (unpaired) electrons. The van der Waals surface area contributed by atoms with Crippen molar-refractivity contribution in [3.63, 3.8) is 0 Å². The summed E-state index contributed by atoms with van der Waals surface area (Å²) in [5, 5.41) is 9.00. The number of aromatic nitrogens is 5. The Morgan fingerprint density at radius 2 is 1.59 bits per heavy atom. The number of tetrazole rings is 1. The van der Waals surface area contributed by atoms with E-state index < -0.39 is 0 Å². The van der Waals surface area contributed by atoms with Gasteiger partial charge in [-0.3, -0.25) is 0 Å². The van der Waals surface area contributed by atoms with Gasteiger partial charge in [-0.15, -0.1) is 4.68 Å². The highest BCUT2D eigenvalue weighted by Crippen LogP contribution is 2.23. The van der Waals surface area contributed by atoms with E-state index in [9.17, 15) is 0 Å². The fourth-order valence-electron chi connectivity index (χ4n) is 3.02. The number of para-hydroxylation sites is 1. The minimum absolute atomic E-state index is 0. The molecule has 27 heavy (non-hydrogen) atoms. The zero-order chi connectivity index (χ0) is 17.9. The smallest absolute Gasteiger partial charge is 0.337 e. The number of rotatable bonds is 5. The van der Waals surface area contributed by atoms with Crippen LogP contribution in [0.1, 0.15) is 24.4 Å². The summed E-state index contributed by atoms with van der Waals surface area (Å²) >= 11 is 1.57. The van der Waals surface area contributed by atoms with Crippen LogP contribution < -0.4 is 21.7 Å². The van der Waals surface area contributed by atoms with Crippen molar-refractivity contribution < 1.29 is 21.7 Å². The third-order valence-corrected chi connectivity index (χ3v) is 5.32. The highest BCUT2D eigenvalue weighted by molar-refractivity contribution is 7.06. The predicted octanol–water partition coefficient (Wildman–Crippen LogP) is 0.796. The van der Waals surface area contributed by atoms with Crippen LogP contribution in [0.2, 0.25) is 0 Å². The normalized spacial score (nSPS) is 10.6. The first kappa shape index (κ1) is 19.4. The molecule has 0 aliphatic carbocycles. The SMILES string of the molecule is CCc1nsc(CC)c1-[n+]1c(-c2ccccc2)nnn1-c1ccccc1.[Br-]. The molecule has 0 fully saturated rings. The van der Waals surface area contributed by atoms with Crippen LogP contribution >= 0.6 is 11.5 Å². The first-order chi connectivity index (χ1) is 12.8. The topological polar surface area (TPSA) is 47.5 Å². The average molecular weight is 442 g/mol. The molecule has 2 heterocycles. The second kappa shape index (κ2) is 8.54. The van der Waals surface area contributed by atoms with E-state index >= 15 is 0 Å². The minimum atomic E-state index is 0. The zero-order valence-corrected chi connectivity index (χ0v) is 17.6. The molecular formula is C20H20BrN5S. The lowest BCUT2D eigenvalue weighted by Gasteiger charge is -2.07. The van der Waals surface area contributed by atoms with E-state index in [1.165, 1.54) is 4.88 Å². The van der Waals surface area contributed by atoms with Gasteiger partial charge in [-0.2, -0.15) is 4.37 Å². The molecule has 0 saturated heterocycles. The number of benzene rings is 2. The third kappa shape index (κ3) is 3.57.